The summed E-state index contributed by atoms with van der Waals surface area (Å²) in [6.07, 6.45) is -0.738. The molecule has 94 valence electrons. The van der Waals surface area contributed by atoms with E-state index < -0.39 is 6.08 Å². The van der Waals surface area contributed by atoms with Crippen LogP contribution in [0, 0.1) is 16.6 Å². The molecular weight excluding hydrogens is 348 g/mol. The molecule has 1 N–H and O–H groups in total. The Kier molecular flexibility index (Phi) is 3.95. The van der Waals surface area contributed by atoms with Crippen LogP contribution >= 0.6 is 22.6 Å². The monoisotopic (exact) mass is 359 g/mol. The molecule has 0 unspecified atom stereocenters. The molecule has 0 saturated carbocycles. The second-order valence-corrected chi connectivity index (χ2v) is 4.68. The third-order valence-corrected chi connectivity index (χ3v) is 3.61. The molecule has 0 aliphatic carbocycles. The normalized spacial score (nSPS) is 10.2. The number of rotatable bonds is 3. The first kappa shape index (κ1) is 13.0. The summed E-state index contributed by atoms with van der Waals surface area (Å²) in [6, 6.07) is 7.35. The summed E-state index contributed by atoms with van der Waals surface area (Å²) in [4.78, 5) is 7.41. The van der Waals surface area contributed by atoms with Gasteiger partial charge in [-0.15, -0.1) is 0 Å². The van der Waals surface area contributed by atoms with E-state index in [0.717, 1.165) is 15.0 Å². The number of ether oxygens (including phenoxy) is 1. The van der Waals surface area contributed by atoms with Crippen LogP contribution < -0.4 is 10.1 Å². The van der Waals surface area contributed by atoms with Crippen LogP contribution in [0.25, 0.3) is 0 Å². The van der Waals surface area contributed by atoms with E-state index in [0.29, 0.717) is 11.5 Å². The number of methoxy groups -OCH3 is 1. The van der Waals surface area contributed by atoms with Gasteiger partial charge >= 0.3 is 6.08 Å². The summed E-state index contributed by atoms with van der Waals surface area (Å²) in [6.45, 7) is 1.74. The highest BCUT2D eigenvalue weighted by Gasteiger charge is 2.09. The average Bonchev–Trinajstić information content (AvgIpc) is 2.35. The molecule has 0 fully saturated rings. The number of aromatic nitrogens is 2. The van der Waals surface area contributed by atoms with Crippen LogP contribution in [0.5, 0.6) is 5.75 Å². The predicted octanol–water partition coefficient (Wildman–Crippen LogP) is 3.28. The van der Waals surface area contributed by atoms with Gasteiger partial charge in [0.25, 0.3) is 0 Å². The number of hydrogen-bond acceptors (Lipinski definition) is 4. The molecule has 1 aromatic carbocycles. The molecule has 2 rings (SSSR count). The van der Waals surface area contributed by atoms with Gasteiger partial charge in [-0.2, -0.15) is 9.37 Å². The fraction of sp³-hybridized carbons (Fsp3) is 0.167. The Morgan fingerprint density at radius 1 is 1.33 bits per heavy atom. The Morgan fingerprint density at radius 2 is 2.11 bits per heavy atom. The summed E-state index contributed by atoms with van der Waals surface area (Å²) in [5, 5.41) is 3.05. The maximum absolute atomic E-state index is 13.2. The molecular formula is C12H11FIN3O. The number of aryl methyl sites for hydroxylation is 1. The Balaban J connectivity index is 2.33. The largest absolute Gasteiger partial charge is 0.497 e. The molecule has 0 aliphatic rings. The van der Waals surface area contributed by atoms with E-state index in [4.69, 9.17) is 4.74 Å². The zero-order valence-electron chi connectivity index (χ0n) is 9.87. The smallest absolute Gasteiger partial charge is 0.310 e. The van der Waals surface area contributed by atoms with Gasteiger partial charge in [0.05, 0.1) is 16.4 Å². The molecule has 0 radical (unpaired) electrons. The Bertz CT molecular complexity index is 577. The van der Waals surface area contributed by atoms with Gasteiger partial charge in [-0.05, 0) is 41.6 Å². The lowest BCUT2D eigenvalue weighted by atomic mass is 10.3. The number of halogens is 2. The van der Waals surface area contributed by atoms with Gasteiger partial charge < -0.3 is 10.1 Å². The quantitative estimate of drug-likeness (QED) is 0.675. The predicted molar refractivity (Wildman–Crippen MR) is 75.7 cm³/mol. The summed E-state index contributed by atoms with van der Waals surface area (Å²) in [5.74, 6) is 1.18. The average molecular weight is 359 g/mol. The zero-order valence-corrected chi connectivity index (χ0v) is 12.0. The van der Waals surface area contributed by atoms with Crippen molar-refractivity contribution in [1.82, 2.24) is 9.97 Å². The van der Waals surface area contributed by atoms with Gasteiger partial charge in [0, 0.05) is 11.8 Å². The molecule has 4 nitrogen and oxygen atoms in total. The summed E-state index contributed by atoms with van der Waals surface area (Å²) >= 11 is 2.08. The van der Waals surface area contributed by atoms with Crippen LogP contribution in [0.1, 0.15) is 5.69 Å². The van der Waals surface area contributed by atoms with Crippen LogP contribution in [0.15, 0.2) is 24.3 Å². The van der Waals surface area contributed by atoms with Crippen LogP contribution in [0.4, 0.5) is 15.9 Å². The first-order chi connectivity index (χ1) is 8.60. The molecule has 1 heterocycles. The third kappa shape index (κ3) is 2.87. The van der Waals surface area contributed by atoms with E-state index in [1.807, 2.05) is 24.3 Å². The van der Waals surface area contributed by atoms with Crippen LogP contribution in [0.2, 0.25) is 0 Å². The Morgan fingerprint density at radius 3 is 2.83 bits per heavy atom. The minimum Gasteiger partial charge on any atom is -0.497 e. The SMILES string of the molecule is COc1cccc(Nc2nc(F)nc(C)c2I)c1. The topological polar surface area (TPSA) is 47.0 Å². The summed E-state index contributed by atoms with van der Waals surface area (Å²) < 4.78 is 19.1. The maximum atomic E-state index is 13.2. The van der Waals surface area contributed by atoms with Crippen molar-refractivity contribution in [2.45, 2.75) is 6.92 Å². The molecule has 2 aromatic rings. The standard InChI is InChI=1S/C12H11FIN3O/c1-7-10(14)11(17-12(13)15-7)16-8-4-3-5-9(6-8)18-2/h3-6H,1-2H3,(H,15,16,17). The Hall–Kier alpha value is -1.44. The van der Waals surface area contributed by atoms with Gasteiger partial charge in [-0.25, -0.2) is 4.98 Å². The van der Waals surface area contributed by atoms with Gasteiger partial charge in [0.2, 0.25) is 0 Å². The lowest BCUT2D eigenvalue weighted by Gasteiger charge is -2.10. The van der Waals surface area contributed by atoms with Crippen LogP contribution in [-0.2, 0) is 0 Å². The van der Waals surface area contributed by atoms with Gasteiger partial charge in [-0.3, -0.25) is 0 Å². The molecule has 0 bridgehead atoms. The summed E-state index contributed by atoms with van der Waals surface area (Å²) in [7, 11) is 1.59. The molecule has 1 aromatic heterocycles. The minimum atomic E-state index is -0.738. The fourth-order valence-electron chi connectivity index (χ4n) is 1.45. The summed E-state index contributed by atoms with van der Waals surface area (Å²) in [5.41, 5.74) is 1.39. The zero-order chi connectivity index (χ0) is 13.1. The van der Waals surface area contributed by atoms with Crippen molar-refractivity contribution in [2.24, 2.45) is 0 Å². The van der Waals surface area contributed by atoms with Crippen molar-refractivity contribution in [2.75, 3.05) is 12.4 Å². The highest BCUT2D eigenvalue weighted by Crippen LogP contribution is 2.24. The van der Waals surface area contributed by atoms with E-state index in [-0.39, 0.29) is 0 Å². The van der Waals surface area contributed by atoms with Crippen molar-refractivity contribution in [3.8, 4) is 5.75 Å². The molecule has 0 spiro atoms. The van der Waals surface area contributed by atoms with Crippen molar-refractivity contribution >= 4 is 34.1 Å². The highest BCUT2D eigenvalue weighted by atomic mass is 127. The lowest BCUT2D eigenvalue weighted by Crippen LogP contribution is -2.03. The van der Waals surface area contributed by atoms with Crippen LogP contribution in [0.3, 0.4) is 0 Å². The molecule has 0 atom stereocenters. The number of hydrogen-bond donors (Lipinski definition) is 1. The number of nitrogens with one attached hydrogen (secondary N) is 1. The van der Waals surface area contributed by atoms with Gasteiger partial charge in [0.1, 0.15) is 5.75 Å². The first-order valence-corrected chi connectivity index (χ1v) is 6.28. The van der Waals surface area contributed by atoms with Crippen molar-refractivity contribution < 1.29 is 9.13 Å². The van der Waals surface area contributed by atoms with E-state index in [2.05, 4.69) is 37.9 Å². The fourth-order valence-corrected chi connectivity index (χ4v) is 1.82. The van der Waals surface area contributed by atoms with E-state index in [1.165, 1.54) is 0 Å². The van der Waals surface area contributed by atoms with Crippen molar-refractivity contribution in [3.05, 3.63) is 39.6 Å². The molecule has 0 saturated heterocycles. The first-order valence-electron chi connectivity index (χ1n) is 5.21. The molecule has 0 amide bonds. The second kappa shape index (κ2) is 5.47. The highest BCUT2D eigenvalue weighted by molar-refractivity contribution is 14.1. The molecule has 6 heteroatoms. The second-order valence-electron chi connectivity index (χ2n) is 3.60. The van der Waals surface area contributed by atoms with E-state index in [1.54, 1.807) is 14.0 Å². The minimum absolute atomic E-state index is 0.453. The Labute approximate surface area is 118 Å². The van der Waals surface area contributed by atoms with Crippen molar-refractivity contribution in [1.29, 1.82) is 0 Å². The maximum Gasteiger partial charge on any atom is 0.310 e. The third-order valence-electron chi connectivity index (χ3n) is 2.32. The molecule has 0 aliphatic heterocycles. The van der Waals surface area contributed by atoms with Crippen LogP contribution in [-0.4, -0.2) is 17.1 Å². The van der Waals surface area contributed by atoms with Gasteiger partial charge in [0.15, 0.2) is 5.82 Å². The lowest BCUT2D eigenvalue weighted by molar-refractivity contribution is 0.415. The number of anilines is 2. The van der Waals surface area contributed by atoms with Gasteiger partial charge in [-0.1, -0.05) is 6.07 Å². The number of benzene rings is 1. The van der Waals surface area contributed by atoms with Crippen molar-refractivity contribution in [3.63, 3.8) is 0 Å². The van der Waals surface area contributed by atoms with E-state index >= 15 is 0 Å². The molecule has 18 heavy (non-hydrogen) atoms. The van der Waals surface area contributed by atoms with E-state index in [9.17, 15) is 4.39 Å². The number of nitrogens with zero attached hydrogens (tertiary/aromatic N) is 2.